The van der Waals surface area contributed by atoms with E-state index in [0.717, 1.165) is 50.5 Å². The fourth-order valence-electron chi connectivity index (χ4n) is 6.78. The van der Waals surface area contributed by atoms with Crippen molar-refractivity contribution in [3.05, 3.63) is 70.7 Å². The van der Waals surface area contributed by atoms with E-state index in [2.05, 4.69) is 20.4 Å². The highest BCUT2D eigenvalue weighted by molar-refractivity contribution is 6.30. The normalized spacial score (nSPS) is 28.3. The molecule has 0 saturated heterocycles. The number of rotatable bonds is 7. The summed E-state index contributed by atoms with van der Waals surface area (Å²) in [7, 11) is 1.50. The third-order valence-electron chi connectivity index (χ3n) is 8.63. The van der Waals surface area contributed by atoms with Gasteiger partial charge in [-0.25, -0.2) is 4.79 Å². The molecule has 2 aromatic rings. The zero-order valence-corrected chi connectivity index (χ0v) is 21.7. The van der Waals surface area contributed by atoms with Gasteiger partial charge in [-0.15, -0.1) is 0 Å². The molecular weight excluding hydrogens is 464 g/mol. The Hall–Kier alpha value is -2.53. The van der Waals surface area contributed by atoms with Crippen LogP contribution in [0.4, 0.5) is 0 Å². The van der Waals surface area contributed by atoms with Crippen molar-refractivity contribution in [2.45, 2.75) is 65.4 Å². The number of carbonyl (C=O) groups excluding carboxylic acids is 2. The first-order valence-electron chi connectivity index (χ1n) is 12.4. The molecule has 4 rings (SSSR count). The van der Waals surface area contributed by atoms with Crippen LogP contribution in [-0.4, -0.2) is 19.0 Å². The first kappa shape index (κ1) is 25.6. The highest BCUT2D eigenvalue weighted by Gasteiger charge is 2.57. The molecule has 1 aromatic carbocycles. The fourth-order valence-corrected chi connectivity index (χ4v) is 6.90. The molecule has 0 amide bonds. The second-order valence-electron chi connectivity index (χ2n) is 10.6. The van der Waals surface area contributed by atoms with E-state index in [-0.39, 0.29) is 23.9 Å². The molecule has 0 unspecified atom stereocenters. The Balaban J connectivity index is 1.44. The smallest absolute Gasteiger partial charge is 0.338 e. The van der Waals surface area contributed by atoms with Crippen molar-refractivity contribution in [1.29, 1.82) is 0 Å². The average molecular weight is 499 g/mol. The molecule has 5 nitrogen and oxygen atoms in total. The maximum Gasteiger partial charge on any atom is 0.338 e. The Morgan fingerprint density at radius 3 is 2.63 bits per heavy atom. The third-order valence-corrected chi connectivity index (χ3v) is 8.88. The maximum absolute atomic E-state index is 12.8. The second-order valence-corrected chi connectivity index (χ2v) is 11.0. The Bertz CT molecular complexity index is 1090. The molecule has 0 bridgehead atoms. The van der Waals surface area contributed by atoms with Crippen molar-refractivity contribution in [2.75, 3.05) is 7.11 Å². The van der Waals surface area contributed by atoms with E-state index in [4.69, 9.17) is 25.5 Å². The standard InChI is InChI=1S/C29H35ClO5/c1-19-6-13-25-28(2,15-5-16-29(25,3)27(32)33-4)23(19)12-9-20-14-17-34-24(20)18-35-26(31)21-7-10-22(30)11-8-21/h7-8,10-11,14,17,23,25H,1,5-6,9,12-13,15-16,18H2,2-4H3/t23-,25+,28-,29-/m0/s1. The van der Waals surface area contributed by atoms with E-state index in [9.17, 15) is 9.59 Å². The Morgan fingerprint density at radius 1 is 1.17 bits per heavy atom. The Morgan fingerprint density at radius 2 is 1.91 bits per heavy atom. The van der Waals surface area contributed by atoms with Gasteiger partial charge in [0.05, 0.1) is 24.4 Å². The summed E-state index contributed by atoms with van der Waals surface area (Å²) in [5.74, 6) is 0.753. The van der Waals surface area contributed by atoms with E-state index < -0.39 is 11.4 Å². The van der Waals surface area contributed by atoms with Gasteiger partial charge in [-0.05, 0) is 98.6 Å². The van der Waals surface area contributed by atoms with Crippen LogP contribution in [0.1, 0.15) is 74.1 Å². The number of hydrogen-bond donors (Lipinski definition) is 0. The SMILES string of the molecule is C=C1CC[C@@H]2[C@@](C)(CCC[C@]2(C)C(=O)OC)[C@H]1CCc1ccoc1COC(=O)c1ccc(Cl)cc1. The first-order valence-corrected chi connectivity index (χ1v) is 12.8. The number of hydrogen-bond acceptors (Lipinski definition) is 5. The summed E-state index contributed by atoms with van der Waals surface area (Å²) in [6.45, 7) is 8.96. The lowest BCUT2D eigenvalue weighted by atomic mass is 9.46. The third kappa shape index (κ3) is 4.93. The van der Waals surface area contributed by atoms with Crippen molar-refractivity contribution in [3.8, 4) is 0 Å². The summed E-state index contributed by atoms with van der Waals surface area (Å²) in [4.78, 5) is 25.2. The number of halogens is 1. The number of carbonyl (C=O) groups is 2. The average Bonchev–Trinajstić information content (AvgIpc) is 3.29. The van der Waals surface area contributed by atoms with Crippen molar-refractivity contribution < 1.29 is 23.5 Å². The van der Waals surface area contributed by atoms with Crippen LogP contribution in [0.25, 0.3) is 0 Å². The molecule has 0 spiro atoms. The predicted octanol–water partition coefficient (Wildman–Crippen LogP) is 7.17. The first-order chi connectivity index (χ1) is 16.7. The molecule has 0 radical (unpaired) electrons. The Labute approximate surface area is 212 Å². The summed E-state index contributed by atoms with van der Waals surface area (Å²) in [6.07, 6.45) is 8.26. The number of ether oxygens (including phenoxy) is 2. The van der Waals surface area contributed by atoms with Crippen LogP contribution in [0.5, 0.6) is 0 Å². The number of aryl methyl sites for hydroxylation is 1. The molecule has 2 fully saturated rings. The van der Waals surface area contributed by atoms with Gasteiger partial charge in [-0.3, -0.25) is 4.79 Å². The minimum atomic E-state index is -0.447. The lowest BCUT2D eigenvalue weighted by Gasteiger charge is -2.57. The van der Waals surface area contributed by atoms with Crippen molar-refractivity contribution in [2.24, 2.45) is 22.7 Å². The zero-order chi connectivity index (χ0) is 25.2. The molecule has 4 atom stereocenters. The van der Waals surface area contributed by atoms with E-state index in [1.165, 1.54) is 12.7 Å². The summed E-state index contributed by atoms with van der Waals surface area (Å²) in [5.41, 5.74) is 2.32. The molecule has 1 heterocycles. The lowest BCUT2D eigenvalue weighted by Crippen LogP contribution is -2.53. The minimum absolute atomic E-state index is 0.00146. The highest BCUT2D eigenvalue weighted by atomic mass is 35.5. The van der Waals surface area contributed by atoms with Crippen LogP contribution in [0.15, 0.2) is 53.2 Å². The van der Waals surface area contributed by atoms with Crippen LogP contribution in [0, 0.1) is 22.7 Å². The van der Waals surface area contributed by atoms with Crippen molar-refractivity contribution in [3.63, 3.8) is 0 Å². The zero-order valence-electron chi connectivity index (χ0n) is 20.9. The van der Waals surface area contributed by atoms with Gasteiger partial charge >= 0.3 is 11.9 Å². The van der Waals surface area contributed by atoms with Crippen LogP contribution in [-0.2, 0) is 27.3 Å². The molecule has 2 aliphatic rings. The second kappa shape index (κ2) is 10.2. The molecule has 188 valence electrons. The van der Waals surface area contributed by atoms with Crippen LogP contribution in [0.3, 0.4) is 0 Å². The monoisotopic (exact) mass is 498 g/mol. The van der Waals surface area contributed by atoms with Crippen LogP contribution in [0.2, 0.25) is 5.02 Å². The molecule has 35 heavy (non-hydrogen) atoms. The molecule has 2 aliphatic carbocycles. The number of benzene rings is 1. The lowest BCUT2D eigenvalue weighted by molar-refractivity contribution is -0.168. The molecule has 1 aromatic heterocycles. The highest BCUT2D eigenvalue weighted by Crippen LogP contribution is 2.62. The van der Waals surface area contributed by atoms with Gasteiger partial charge in [0.1, 0.15) is 12.4 Å². The number of fused-ring (bicyclic) bond motifs is 1. The van der Waals surface area contributed by atoms with E-state index >= 15 is 0 Å². The molecule has 0 aliphatic heterocycles. The molecule has 0 N–H and O–H groups in total. The van der Waals surface area contributed by atoms with Gasteiger partial charge in [-0.2, -0.15) is 0 Å². The largest absolute Gasteiger partial charge is 0.469 e. The van der Waals surface area contributed by atoms with E-state index in [0.29, 0.717) is 22.3 Å². The maximum atomic E-state index is 12.8. The van der Waals surface area contributed by atoms with Gasteiger partial charge in [0, 0.05) is 5.02 Å². The quantitative estimate of drug-likeness (QED) is 0.299. The van der Waals surface area contributed by atoms with E-state index in [1.54, 1.807) is 30.5 Å². The summed E-state index contributed by atoms with van der Waals surface area (Å²) < 4.78 is 16.4. The summed E-state index contributed by atoms with van der Waals surface area (Å²) in [5, 5.41) is 0.569. The van der Waals surface area contributed by atoms with Crippen LogP contribution >= 0.6 is 11.6 Å². The van der Waals surface area contributed by atoms with E-state index in [1.807, 2.05) is 6.07 Å². The van der Waals surface area contributed by atoms with Gasteiger partial charge in [0.15, 0.2) is 0 Å². The molecule has 6 heteroatoms. The summed E-state index contributed by atoms with van der Waals surface area (Å²) in [6, 6.07) is 8.57. The topological polar surface area (TPSA) is 65.7 Å². The van der Waals surface area contributed by atoms with Crippen molar-refractivity contribution >= 4 is 23.5 Å². The number of allylic oxidation sites excluding steroid dienone is 1. The van der Waals surface area contributed by atoms with Gasteiger partial charge in [0.25, 0.3) is 0 Å². The van der Waals surface area contributed by atoms with Gasteiger partial charge in [-0.1, -0.05) is 37.1 Å². The minimum Gasteiger partial charge on any atom is -0.469 e. The van der Waals surface area contributed by atoms with Crippen LogP contribution < -0.4 is 0 Å². The van der Waals surface area contributed by atoms with Crippen molar-refractivity contribution in [1.82, 2.24) is 0 Å². The fraction of sp³-hybridized carbons (Fsp3) is 0.517. The predicted molar refractivity (Wildman–Crippen MR) is 135 cm³/mol. The van der Waals surface area contributed by atoms with Gasteiger partial charge < -0.3 is 13.9 Å². The molecular formula is C29H35ClO5. The number of methoxy groups -OCH3 is 1. The summed E-state index contributed by atoms with van der Waals surface area (Å²) >= 11 is 5.90. The number of furan rings is 1. The molecule has 2 saturated carbocycles. The van der Waals surface area contributed by atoms with Gasteiger partial charge in [0.2, 0.25) is 0 Å². The Kier molecular flexibility index (Phi) is 7.46. The number of esters is 2.